The molecule has 1 atom stereocenters. The van der Waals surface area contributed by atoms with Crippen LogP contribution in [-0.4, -0.2) is 32.8 Å². The van der Waals surface area contributed by atoms with Crippen LogP contribution in [-0.2, 0) is 4.74 Å². The second-order valence-electron chi connectivity index (χ2n) is 5.42. The van der Waals surface area contributed by atoms with Crippen molar-refractivity contribution in [1.82, 2.24) is 0 Å². The molecule has 0 spiro atoms. The maximum absolute atomic E-state index is 5.38. The van der Waals surface area contributed by atoms with Crippen LogP contribution in [0.4, 0.5) is 11.4 Å². The highest BCUT2D eigenvalue weighted by Crippen LogP contribution is 2.19. The molecule has 1 fully saturated rings. The first-order valence-corrected chi connectivity index (χ1v) is 7.46. The van der Waals surface area contributed by atoms with Gasteiger partial charge in [-0.25, -0.2) is 0 Å². The summed E-state index contributed by atoms with van der Waals surface area (Å²) in [5.74, 6) is 0.740. The Morgan fingerprint density at radius 1 is 1.21 bits per heavy atom. The molecule has 1 heterocycles. The molecule has 106 valence electrons. The second kappa shape index (κ2) is 7.39. The van der Waals surface area contributed by atoms with E-state index in [4.69, 9.17) is 4.74 Å². The van der Waals surface area contributed by atoms with Crippen molar-refractivity contribution in [3.8, 4) is 0 Å². The van der Waals surface area contributed by atoms with Gasteiger partial charge in [-0.05, 0) is 36.6 Å². The third kappa shape index (κ3) is 4.43. The fourth-order valence-electron chi connectivity index (χ4n) is 2.50. The van der Waals surface area contributed by atoms with Gasteiger partial charge < -0.3 is 15.0 Å². The number of benzene rings is 1. The summed E-state index contributed by atoms with van der Waals surface area (Å²) in [6, 6.07) is 8.78. The molecular weight excluding hydrogens is 236 g/mol. The van der Waals surface area contributed by atoms with Crippen LogP contribution >= 0.6 is 0 Å². The number of hydrogen-bond acceptors (Lipinski definition) is 3. The van der Waals surface area contributed by atoms with Gasteiger partial charge in [-0.15, -0.1) is 0 Å². The average molecular weight is 262 g/mol. The summed E-state index contributed by atoms with van der Waals surface area (Å²) in [6.45, 7) is 9.29. The first kappa shape index (κ1) is 14.2. The predicted octanol–water partition coefficient (Wildman–Crippen LogP) is 3.37. The van der Waals surface area contributed by atoms with E-state index in [1.165, 1.54) is 24.2 Å². The van der Waals surface area contributed by atoms with E-state index in [0.29, 0.717) is 0 Å². The van der Waals surface area contributed by atoms with Crippen LogP contribution in [0.5, 0.6) is 0 Å². The van der Waals surface area contributed by atoms with Crippen molar-refractivity contribution in [2.45, 2.75) is 26.7 Å². The van der Waals surface area contributed by atoms with Gasteiger partial charge in [0.2, 0.25) is 0 Å². The third-order valence-electron chi connectivity index (χ3n) is 3.68. The van der Waals surface area contributed by atoms with Gasteiger partial charge in [0, 0.05) is 31.0 Å². The highest BCUT2D eigenvalue weighted by atomic mass is 16.5. The quantitative estimate of drug-likeness (QED) is 0.850. The van der Waals surface area contributed by atoms with E-state index in [0.717, 1.165) is 38.8 Å². The van der Waals surface area contributed by atoms with E-state index >= 15 is 0 Å². The number of rotatable bonds is 6. The number of ether oxygens (including phenoxy) is 1. The Balaban J connectivity index is 1.83. The summed E-state index contributed by atoms with van der Waals surface area (Å²) in [7, 11) is 0. The topological polar surface area (TPSA) is 24.5 Å². The SMILES string of the molecule is CCCC(C)CNc1ccc(N2CCOCC2)cc1. The molecule has 0 saturated carbocycles. The lowest BCUT2D eigenvalue weighted by Crippen LogP contribution is -2.36. The minimum absolute atomic E-state index is 0.740. The van der Waals surface area contributed by atoms with Crippen molar-refractivity contribution < 1.29 is 4.74 Å². The maximum Gasteiger partial charge on any atom is 0.0642 e. The molecule has 1 saturated heterocycles. The summed E-state index contributed by atoms with van der Waals surface area (Å²) in [5, 5.41) is 3.52. The van der Waals surface area contributed by atoms with E-state index in [2.05, 4.69) is 48.3 Å². The fraction of sp³-hybridized carbons (Fsp3) is 0.625. The normalized spacial score (nSPS) is 17.3. The molecule has 0 aliphatic carbocycles. The Kier molecular flexibility index (Phi) is 5.52. The van der Waals surface area contributed by atoms with Crippen molar-refractivity contribution >= 4 is 11.4 Å². The highest BCUT2D eigenvalue weighted by Gasteiger charge is 2.10. The molecule has 1 unspecified atom stereocenters. The van der Waals surface area contributed by atoms with E-state index in [9.17, 15) is 0 Å². The largest absolute Gasteiger partial charge is 0.385 e. The van der Waals surface area contributed by atoms with Crippen LogP contribution < -0.4 is 10.2 Å². The van der Waals surface area contributed by atoms with Gasteiger partial charge in [0.25, 0.3) is 0 Å². The summed E-state index contributed by atoms with van der Waals surface area (Å²) >= 11 is 0. The van der Waals surface area contributed by atoms with E-state index in [1.807, 2.05) is 0 Å². The Bertz CT molecular complexity index is 358. The van der Waals surface area contributed by atoms with E-state index < -0.39 is 0 Å². The molecule has 2 rings (SSSR count). The van der Waals surface area contributed by atoms with E-state index in [1.54, 1.807) is 0 Å². The number of morpholine rings is 1. The van der Waals surface area contributed by atoms with Gasteiger partial charge in [-0.1, -0.05) is 20.3 Å². The second-order valence-corrected chi connectivity index (χ2v) is 5.42. The number of nitrogens with zero attached hydrogens (tertiary/aromatic N) is 1. The first-order chi connectivity index (χ1) is 9.29. The van der Waals surface area contributed by atoms with Gasteiger partial charge in [0.05, 0.1) is 13.2 Å². The molecule has 3 heteroatoms. The lowest BCUT2D eigenvalue weighted by atomic mass is 10.1. The van der Waals surface area contributed by atoms with Crippen LogP contribution in [0.2, 0.25) is 0 Å². The van der Waals surface area contributed by atoms with Gasteiger partial charge in [0.1, 0.15) is 0 Å². The van der Waals surface area contributed by atoms with Gasteiger partial charge >= 0.3 is 0 Å². The maximum atomic E-state index is 5.38. The Hall–Kier alpha value is -1.22. The fourth-order valence-corrected chi connectivity index (χ4v) is 2.50. The molecule has 19 heavy (non-hydrogen) atoms. The average Bonchev–Trinajstić information content (AvgIpc) is 2.47. The molecule has 1 aromatic rings. The highest BCUT2D eigenvalue weighted by molar-refractivity contribution is 5.55. The minimum Gasteiger partial charge on any atom is -0.385 e. The zero-order valence-electron chi connectivity index (χ0n) is 12.2. The Morgan fingerprint density at radius 3 is 2.53 bits per heavy atom. The van der Waals surface area contributed by atoms with E-state index in [-0.39, 0.29) is 0 Å². The van der Waals surface area contributed by atoms with Crippen LogP contribution in [0.15, 0.2) is 24.3 Å². The van der Waals surface area contributed by atoms with Crippen LogP contribution in [0.25, 0.3) is 0 Å². The van der Waals surface area contributed by atoms with Gasteiger partial charge in [0.15, 0.2) is 0 Å². The molecule has 1 N–H and O–H groups in total. The third-order valence-corrected chi connectivity index (χ3v) is 3.68. The molecule has 3 nitrogen and oxygen atoms in total. The molecule has 0 amide bonds. The van der Waals surface area contributed by atoms with Crippen LogP contribution in [0.1, 0.15) is 26.7 Å². The van der Waals surface area contributed by atoms with Crippen LogP contribution in [0, 0.1) is 5.92 Å². The first-order valence-electron chi connectivity index (χ1n) is 7.46. The van der Waals surface area contributed by atoms with Crippen LogP contribution in [0.3, 0.4) is 0 Å². The summed E-state index contributed by atoms with van der Waals surface area (Å²) in [5.41, 5.74) is 2.52. The van der Waals surface area contributed by atoms with Gasteiger partial charge in [-0.2, -0.15) is 0 Å². The molecule has 0 aromatic heterocycles. The van der Waals surface area contributed by atoms with Crippen molar-refractivity contribution in [2.75, 3.05) is 43.1 Å². The number of nitrogens with one attached hydrogen (secondary N) is 1. The molecule has 0 bridgehead atoms. The summed E-state index contributed by atoms with van der Waals surface area (Å²) in [4.78, 5) is 2.38. The molecule has 1 aliphatic heterocycles. The zero-order chi connectivity index (χ0) is 13.5. The Labute approximate surface area is 116 Å². The molecular formula is C16H26N2O. The smallest absolute Gasteiger partial charge is 0.0642 e. The van der Waals surface area contributed by atoms with Crippen molar-refractivity contribution in [2.24, 2.45) is 5.92 Å². The predicted molar refractivity (Wildman–Crippen MR) is 82.0 cm³/mol. The molecule has 1 aliphatic rings. The van der Waals surface area contributed by atoms with Crippen molar-refractivity contribution in [3.05, 3.63) is 24.3 Å². The minimum atomic E-state index is 0.740. The summed E-state index contributed by atoms with van der Waals surface area (Å²) < 4.78 is 5.38. The lowest BCUT2D eigenvalue weighted by molar-refractivity contribution is 0.122. The molecule has 0 radical (unpaired) electrons. The lowest BCUT2D eigenvalue weighted by Gasteiger charge is -2.29. The van der Waals surface area contributed by atoms with Gasteiger partial charge in [-0.3, -0.25) is 0 Å². The summed E-state index contributed by atoms with van der Waals surface area (Å²) in [6.07, 6.45) is 2.55. The Morgan fingerprint density at radius 2 is 1.89 bits per heavy atom. The molecule has 1 aromatic carbocycles. The van der Waals surface area contributed by atoms with Crippen molar-refractivity contribution in [3.63, 3.8) is 0 Å². The monoisotopic (exact) mass is 262 g/mol. The van der Waals surface area contributed by atoms with Crippen molar-refractivity contribution in [1.29, 1.82) is 0 Å². The number of anilines is 2. The standard InChI is InChI=1S/C16H26N2O/c1-3-4-14(2)13-17-15-5-7-16(8-6-15)18-9-11-19-12-10-18/h5-8,14,17H,3-4,9-13H2,1-2H3. The zero-order valence-corrected chi connectivity index (χ0v) is 12.2. The number of hydrogen-bond donors (Lipinski definition) is 1.